The zero-order valence-corrected chi connectivity index (χ0v) is 15.5. The Labute approximate surface area is 159 Å². The Morgan fingerprint density at radius 1 is 1.26 bits per heavy atom. The number of hydrogen-bond donors (Lipinski definition) is 2. The van der Waals surface area contributed by atoms with Crippen LogP contribution in [0.5, 0.6) is 0 Å². The number of nitrogens with zero attached hydrogens (tertiary/aromatic N) is 2. The van der Waals surface area contributed by atoms with Gasteiger partial charge in [0.25, 0.3) is 0 Å². The summed E-state index contributed by atoms with van der Waals surface area (Å²) in [5, 5.41) is 4.77. The molecular formula is C22H24N4O. The molecule has 4 rings (SSSR count). The molecule has 2 heterocycles. The molecule has 27 heavy (non-hydrogen) atoms. The number of benzene rings is 1. The first-order chi connectivity index (χ1) is 13.2. The molecule has 1 aliphatic rings. The highest BCUT2D eigenvalue weighted by atomic mass is 16.2. The Balaban J connectivity index is 1.72. The molecule has 1 saturated carbocycles. The smallest absolute Gasteiger partial charge is 0.228 e. The Kier molecular flexibility index (Phi) is 4.75. The first-order valence-corrected chi connectivity index (χ1v) is 9.59. The highest BCUT2D eigenvalue weighted by molar-refractivity contribution is 6.00. The van der Waals surface area contributed by atoms with Crippen molar-refractivity contribution in [1.82, 2.24) is 9.97 Å². The topological polar surface area (TPSA) is 80.9 Å². The van der Waals surface area contributed by atoms with Crippen molar-refractivity contribution in [2.75, 3.05) is 11.1 Å². The number of unbranched alkanes of at least 4 members (excludes halogenated alkanes) is 1. The molecule has 1 fully saturated rings. The lowest BCUT2D eigenvalue weighted by atomic mass is 9.96. The van der Waals surface area contributed by atoms with Crippen LogP contribution in [-0.2, 0) is 11.2 Å². The maximum atomic E-state index is 12.0. The average molecular weight is 360 g/mol. The van der Waals surface area contributed by atoms with E-state index in [0.29, 0.717) is 11.5 Å². The number of aromatic nitrogens is 2. The highest BCUT2D eigenvalue weighted by Gasteiger charge is 2.29. The van der Waals surface area contributed by atoms with Crippen molar-refractivity contribution in [2.45, 2.75) is 39.0 Å². The molecule has 5 nitrogen and oxygen atoms in total. The summed E-state index contributed by atoms with van der Waals surface area (Å²) in [6, 6.07) is 8.07. The van der Waals surface area contributed by atoms with Crippen LogP contribution in [0.25, 0.3) is 21.9 Å². The third-order valence-electron chi connectivity index (χ3n) is 5.09. The van der Waals surface area contributed by atoms with Gasteiger partial charge in [-0.2, -0.15) is 0 Å². The summed E-state index contributed by atoms with van der Waals surface area (Å²) >= 11 is 0. The molecule has 3 N–H and O–H groups in total. The molecule has 0 aliphatic heterocycles. The lowest BCUT2D eigenvalue weighted by Crippen LogP contribution is -2.14. The summed E-state index contributed by atoms with van der Waals surface area (Å²) in [7, 11) is 0. The number of carbonyl (C=O) groups is 1. The van der Waals surface area contributed by atoms with Gasteiger partial charge in [-0.05, 0) is 66.5 Å². The number of carbonyl (C=O) groups excluding carboxylic acids is 1. The minimum Gasteiger partial charge on any atom is -0.398 e. The van der Waals surface area contributed by atoms with Crippen molar-refractivity contribution in [1.29, 1.82) is 0 Å². The van der Waals surface area contributed by atoms with Crippen LogP contribution >= 0.6 is 0 Å². The molecule has 5 heteroatoms. The normalized spacial score (nSPS) is 13.7. The van der Waals surface area contributed by atoms with E-state index in [0.717, 1.165) is 54.0 Å². The van der Waals surface area contributed by atoms with Gasteiger partial charge in [0.2, 0.25) is 5.91 Å². The maximum Gasteiger partial charge on any atom is 0.228 e. The summed E-state index contributed by atoms with van der Waals surface area (Å²) in [5.74, 6) is 0.781. The number of amides is 1. The number of anilines is 2. The third-order valence-corrected chi connectivity index (χ3v) is 5.09. The number of nitrogens with two attached hydrogens (primary N) is 1. The zero-order valence-electron chi connectivity index (χ0n) is 15.5. The predicted octanol–water partition coefficient (Wildman–Crippen LogP) is 4.57. The van der Waals surface area contributed by atoms with Crippen molar-refractivity contribution in [3.05, 3.63) is 48.4 Å². The van der Waals surface area contributed by atoms with Gasteiger partial charge < -0.3 is 11.1 Å². The van der Waals surface area contributed by atoms with Crippen molar-refractivity contribution in [3.8, 4) is 11.1 Å². The number of nitrogens with one attached hydrogen (secondary N) is 1. The maximum absolute atomic E-state index is 12.0. The van der Waals surface area contributed by atoms with Crippen molar-refractivity contribution in [2.24, 2.45) is 5.92 Å². The molecule has 1 aliphatic carbocycles. The summed E-state index contributed by atoms with van der Waals surface area (Å²) in [4.78, 5) is 20.7. The van der Waals surface area contributed by atoms with Crippen LogP contribution in [-0.4, -0.2) is 15.9 Å². The lowest BCUT2D eigenvalue weighted by Gasteiger charge is -2.12. The number of nitrogen functional groups attached to an aromatic ring is 1. The van der Waals surface area contributed by atoms with Gasteiger partial charge in [-0.25, -0.2) is 4.98 Å². The van der Waals surface area contributed by atoms with Gasteiger partial charge in [-0.3, -0.25) is 9.78 Å². The van der Waals surface area contributed by atoms with Gasteiger partial charge in [0, 0.05) is 41.1 Å². The minimum absolute atomic E-state index is 0.0556. The molecule has 0 radical (unpaired) electrons. The van der Waals surface area contributed by atoms with E-state index in [9.17, 15) is 4.79 Å². The number of fused-ring (bicyclic) bond motifs is 1. The first-order valence-electron chi connectivity index (χ1n) is 9.59. The Morgan fingerprint density at radius 2 is 2.11 bits per heavy atom. The molecule has 0 atom stereocenters. The van der Waals surface area contributed by atoms with E-state index in [1.807, 2.05) is 24.5 Å². The standard InChI is InChI=1S/C22H24N4O/c1-2-3-4-14-7-8-24-12-18(14)16-9-17-11-21(26-22(27)15-5-6-15)25-13-19(17)20(23)10-16/h7-13,15H,2-6,23H2,1H3,(H,25,26,27). The van der Waals surface area contributed by atoms with Gasteiger partial charge in [-0.15, -0.1) is 0 Å². The SMILES string of the molecule is CCCCc1ccncc1-c1cc(N)c2cnc(NC(=O)C3CC3)cc2c1. The average Bonchev–Trinajstić information content (AvgIpc) is 3.51. The number of pyridine rings is 2. The van der Waals surface area contributed by atoms with Crippen LogP contribution in [0.2, 0.25) is 0 Å². The summed E-state index contributed by atoms with van der Waals surface area (Å²) in [6.45, 7) is 2.19. The van der Waals surface area contributed by atoms with Gasteiger partial charge in [-0.1, -0.05) is 13.3 Å². The summed E-state index contributed by atoms with van der Waals surface area (Å²) in [6.07, 6.45) is 10.7. The van der Waals surface area contributed by atoms with E-state index in [4.69, 9.17) is 5.73 Å². The second-order valence-electron chi connectivity index (χ2n) is 7.26. The molecule has 0 bridgehead atoms. The number of aryl methyl sites for hydroxylation is 1. The van der Waals surface area contributed by atoms with Crippen molar-refractivity contribution < 1.29 is 4.79 Å². The van der Waals surface area contributed by atoms with Gasteiger partial charge >= 0.3 is 0 Å². The fourth-order valence-electron chi connectivity index (χ4n) is 3.35. The molecule has 0 saturated heterocycles. The fraction of sp³-hybridized carbons (Fsp3) is 0.318. The zero-order chi connectivity index (χ0) is 18.8. The molecule has 0 spiro atoms. The van der Waals surface area contributed by atoms with Crippen LogP contribution < -0.4 is 11.1 Å². The Bertz CT molecular complexity index is 995. The molecule has 2 aromatic heterocycles. The molecule has 0 unspecified atom stereocenters. The Morgan fingerprint density at radius 3 is 2.89 bits per heavy atom. The fourth-order valence-corrected chi connectivity index (χ4v) is 3.35. The predicted molar refractivity (Wildman–Crippen MR) is 109 cm³/mol. The highest BCUT2D eigenvalue weighted by Crippen LogP contribution is 2.33. The molecule has 1 amide bonds. The molecule has 138 valence electrons. The third kappa shape index (κ3) is 3.77. The quantitative estimate of drug-likeness (QED) is 0.631. The van der Waals surface area contributed by atoms with Gasteiger partial charge in [0.1, 0.15) is 5.82 Å². The van der Waals surface area contributed by atoms with Crippen LogP contribution in [0.4, 0.5) is 11.5 Å². The van der Waals surface area contributed by atoms with Crippen LogP contribution in [0.15, 0.2) is 42.9 Å². The monoisotopic (exact) mass is 360 g/mol. The van der Waals surface area contributed by atoms with Gasteiger partial charge in [0.05, 0.1) is 0 Å². The molecular weight excluding hydrogens is 336 g/mol. The second-order valence-corrected chi connectivity index (χ2v) is 7.26. The summed E-state index contributed by atoms with van der Waals surface area (Å²) in [5.41, 5.74) is 10.4. The Hall–Kier alpha value is -2.95. The van der Waals surface area contributed by atoms with Gasteiger partial charge in [0.15, 0.2) is 0 Å². The largest absolute Gasteiger partial charge is 0.398 e. The van der Waals surface area contributed by atoms with Crippen LogP contribution in [0.3, 0.4) is 0 Å². The number of hydrogen-bond acceptors (Lipinski definition) is 4. The van der Waals surface area contributed by atoms with Crippen LogP contribution in [0.1, 0.15) is 38.2 Å². The summed E-state index contributed by atoms with van der Waals surface area (Å²) < 4.78 is 0. The van der Waals surface area contributed by atoms with E-state index in [1.165, 1.54) is 5.56 Å². The van der Waals surface area contributed by atoms with Crippen LogP contribution in [0, 0.1) is 5.92 Å². The second kappa shape index (κ2) is 7.35. The van der Waals surface area contributed by atoms with E-state index >= 15 is 0 Å². The van der Waals surface area contributed by atoms with E-state index in [-0.39, 0.29) is 11.8 Å². The van der Waals surface area contributed by atoms with E-state index < -0.39 is 0 Å². The lowest BCUT2D eigenvalue weighted by molar-refractivity contribution is -0.117. The number of rotatable bonds is 6. The van der Waals surface area contributed by atoms with E-state index in [2.05, 4.69) is 34.3 Å². The van der Waals surface area contributed by atoms with Crippen molar-refractivity contribution >= 4 is 28.2 Å². The van der Waals surface area contributed by atoms with Crippen molar-refractivity contribution in [3.63, 3.8) is 0 Å². The molecule has 3 aromatic rings. The molecule has 1 aromatic carbocycles. The van der Waals surface area contributed by atoms with E-state index in [1.54, 1.807) is 6.20 Å². The minimum atomic E-state index is 0.0556. The first kappa shape index (κ1) is 17.5.